The molecule has 0 radical (unpaired) electrons. The first kappa shape index (κ1) is 16.0. The Kier molecular flexibility index (Phi) is 7.21. The van der Waals surface area contributed by atoms with Crippen molar-refractivity contribution in [2.45, 2.75) is 26.7 Å². The Hall–Kier alpha value is -2.01. The van der Waals surface area contributed by atoms with Crippen LogP contribution in [0.15, 0.2) is 41.0 Å². The molecule has 1 N–H and O–H groups in total. The van der Waals surface area contributed by atoms with E-state index in [1.165, 1.54) is 5.17 Å². The molecule has 0 aromatic heterocycles. The number of hydroxylamine groups is 1. The molecule has 5 nitrogen and oxygen atoms in total. The number of nitrogens with one attached hydrogen (secondary N) is 1. The Morgan fingerprint density at radius 2 is 2.10 bits per heavy atom. The summed E-state index contributed by atoms with van der Waals surface area (Å²) in [6.45, 7) is 4.17. The van der Waals surface area contributed by atoms with Gasteiger partial charge in [0.1, 0.15) is 12.1 Å². The molecule has 0 fully saturated rings. The average molecular weight is 277 g/mol. The average Bonchev–Trinajstić information content (AvgIpc) is 2.46. The zero-order valence-electron chi connectivity index (χ0n) is 12.6. The lowest BCUT2D eigenvalue weighted by Gasteiger charge is -2.16. The molecule has 0 aliphatic rings. The maximum atomic E-state index is 5.56. The van der Waals surface area contributed by atoms with Gasteiger partial charge in [0.15, 0.2) is 5.75 Å². The molecule has 1 aromatic carbocycles. The minimum atomic E-state index is 0.688. The number of hydrogen-bond acceptors (Lipinski definition) is 4. The summed E-state index contributed by atoms with van der Waals surface area (Å²) < 4.78 is 5.14. The summed E-state index contributed by atoms with van der Waals surface area (Å²) in [6, 6.07) is 7.40. The van der Waals surface area contributed by atoms with E-state index in [2.05, 4.69) is 30.3 Å². The van der Waals surface area contributed by atoms with E-state index in [1.54, 1.807) is 20.5 Å². The molecule has 0 aliphatic heterocycles. The predicted molar refractivity (Wildman–Crippen MR) is 81.7 cm³/mol. The second-order valence-corrected chi connectivity index (χ2v) is 4.11. The first-order valence-electron chi connectivity index (χ1n) is 6.73. The third-order valence-corrected chi connectivity index (χ3v) is 2.56. The first-order valence-corrected chi connectivity index (χ1v) is 6.73. The number of rotatable bonds is 8. The van der Waals surface area contributed by atoms with Gasteiger partial charge >= 0.3 is 0 Å². The van der Waals surface area contributed by atoms with Crippen molar-refractivity contribution in [2.24, 2.45) is 4.99 Å². The van der Waals surface area contributed by atoms with Crippen molar-refractivity contribution in [3.8, 4) is 11.5 Å². The molecule has 0 amide bonds. The van der Waals surface area contributed by atoms with Crippen molar-refractivity contribution in [1.29, 1.82) is 0 Å². The van der Waals surface area contributed by atoms with E-state index in [4.69, 9.17) is 9.57 Å². The molecule has 20 heavy (non-hydrogen) atoms. The predicted octanol–water partition coefficient (Wildman–Crippen LogP) is 3.16. The lowest BCUT2D eigenvalue weighted by molar-refractivity contribution is -0.0577. The van der Waals surface area contributed by atoms with E-state index in [1.807, 2.05) is 24.3 Å². The van der Waals surface area contributed by atoms with E-state index in [0.29, 0.717) is 5.75 Å². The highest BCUT2D eigenvalue weighted by atomic mass is 16.7. The Balaban J connectivity index is 2.48. The molecule has 0 aliphatic carbocycles. The molecule has 0 atom stereocenters. The fourth-order valence-electron chi connectivity index (χ4n) is 1.56. The van der Waals surface area contributed by atoms with E-state index in [9.17, 15) is 0 Å². The topological polar surface area (TPSA) is 46.1 Å². The lowest BCUT2D eigenvalue weighted by atomic mass is 10.3. The van der Waals surface area contributed by atoms with Crippen molar-refractivity contribution in [1.82, 2.24) is 10.6 Å². The van der Waals surface area contributed by atoms with Gasteiger partial charge in [0.2, 0.25) is 0 Å². The van der Waals surface area contributed by atoms with Gasteiger partial charge in [-0.25, -0.2) is 4.99 Å². The molecule has 0 unspecified atom stereocenters. The quantitative estimate of drug-likeness (QED) is 0.450. The number of benzene rings is 1. The van der Waals surface area contributed by atoms with Crippen LogP contribution in [0.2, 0.25) is 0 Å². The molecule has 5 heteroatoms. The summed E-state index contributed by atoms with van der Waals surface area (Å²) in [5.41, 5.74) is 3.98. The Bertz CT molecular complexity index is 458. The first-order chi connectivity index (χ1) is 9.69. The van der Waals surface area contributed by atoms with Gasteiger partial charge in [-0.05, 0) is 25.0 Å². The summed E-state index contributed by atoms with van der Waals surface area (Å²) in [5, 5.41) is 1.48. The van der Waals surface area contributed by atoms with Crippen LogP contribution in [0.25, 0.3) is 0 Å². The van der Waals surface area contributed by atoms with Crippen LogP contribution < -0.4 is 15.0 Å². The number of nitrogens with zero attached hydrogens (tertiary/aromatic N) is 2. The molecule has 110 valence electrons. The normalized spacial score (nSPS) is 11.9. The highest BCUT2D eigenvalue weighted by molar-refractivity contribution is 5.55. The summed E-state index contributed by atoms with van der Waals surface area (Å²) in [6.07, 6.45) is 5.61. The van der Waals surface area contributed by atoms with E-state index in [0.717, 1.165) is 24.3 Å². The second kappa shape index (κ2) is 8.98. The summed E-state index contributed by atoms with van der Waals surface area (Å²) in [5.74, 6) is 1.44. The smallest absolute Gasteiger partial charge is 0.153 e. The summed E-state index contributed by atoms with van der Waals surface area (Å²) in [7, 11) is 3.39. The SMILES string of the molecule is CC/C=C(\CC)N=CNN(C)Oc1cccc(OC)c1. The maximum Gasteiger partial charge on any atom is 0.153 e. The fourth-order valence-corrected chi connectivity index (χ4v) is 1.56. The van der Waals surface area contributed by atoms with Crippen LogP contribution in [-0.2, 0) is 0 Å². The van der Waals surface area contributed by atoms with Gasteiger partial charge in [0.25, 0.3) is 0 Å². The molecular weight excluding hydrogens is 254 g/mol. The van der Waals surface area contributed by atoms with E-state index >= 15 is 0 Å². The van der Waals surface area contributed by atoms with Crippen molar-refractivity contribution in [3.63, 3.8) is 0 Å². The third kappa shape index (κ3) is 5.75. The molecule has 1 aromatic rings. The van der Waals surface area contributed by atoms with Crippen LogP contribution in [0.5, 0.6) is 11.5 Å². The van der Waals surface area contributed by atoms with Gasteiger partial charge in [-0.3, -0.25) is 5.43 Å². The van der Waals surface area contributed by atoms with Crippen LogP contribution in [-0.4, -0.2) is 25.7 Å². The molecular formula is C15H23N3O2. The number of methoxy groups -OCH3 is 1. The van der Waals surface area contributed by atoms with Crippen molar-refractivity contribution in [3.05, 3.63) is 36.0 Å². The number of aliphatic imine (C=N–C) groups is 1. The van der Waals surface area contributed by atoms with Crippen LogP contribution in [0.4, 0.5) is 0 Å². The number of allylic oxidation sites excluding steroid dienone is 2. The van der Waals surface area contributed by atoms with Gasteiger partial charge in [0, 0.05) is 18.8 Å². The number of ether oxygens (including phenoxy) is 1. The molecule has 0 saturated heterocycles. The van der Waals surface area contributed by atoms with Gasteiger partial charge in [-0.2, -0.15) is 0 Å². The second-order valence-electron chi connectivity index (χ2n) is 4.11. The zero-order chi connectivity index (χ0) is 14.8. The van der Waals surface area contributed by atoms with Crippen molar-refractivity contribution in [2.75, 3.05) is 14.2 Å². The highest BCUT2D eigenvalue weighted by Crippen LogP contribution is 2.18. The monoisotopic (exact) mass is 277 g/mol. The molecule has 0 saturated carbocycles. The maximum absolute atomic E-state index is 5.56. The minimum absolute atomic E-state index is 0.688. The Morgan fingerprint density at radius 3 is 2.75 bits per heavy atom. The van der Waals surface area contributed by atoms with Crippen LogP contribution in [0, 0.1) is 0 Å². The van der Waals surface area contributed by atoms with Gasteiger partial charge < -0.3 is 9.57 Å². The minimum Gasteiger partial charge on any atom is -0.497 e. The molecule has 0 spiro atoms. The molecule has 0 heterocycles. The summed E-state index contributed by atoms with van der Waals surface area (Å²) in [4.78, 5) is 9.89. The molecule has 1 rings (SSSR count). The van der Waals surface area contributed by atoms with Gasteiger partial charge in [0.05, 0.1) is 7.11 Å². The van der Waals surface area contributed by atoms with Gasteiger partial charge in [-0.1, -0.05) is 31.2 Å². The van der Waals surface area contributed by atoms with Crippen LogP contribution in [0.3, 0.4) is 0 Å². The van der Waals surface area contributed by atoms with Crippen molar-refractivity contribution >= 4 is 6.34 Å². The van der Waals surface area contributed by atoms with E-state index < -0.39 is 0 Å². The van der Waals surface area contributed by atoms with Crippen LogP contribution in [0.1, 0.15) is 26.7 Å². The van der Waals surface area contributed by atoms with Gasteiger partial charge in [-0.15, -0.1) is 0 Å². The standard InChI is InChI=1S/C15H23N3O2/c1-5-8-13(6-2)16-12-17-18(3)20-15-10-7-9-14(11-15)19-4/h7-12H,5-6H2,1-4H3,(H,16,17)/b13-8+. The zero-order valence-corrected chi connectivity index (χ0v) is 12.6. The summed E-state index contributed by atoms with van der Waals surface area (Å²) >= 11 is 0. The fraction of sp³-hybridized carbons (Fsp3) is 0.400. The van der Waals surface area contributed by atoms with Crippen LogP contribution >= 0.6 is 0 Å². The largest absolute Gasteiger partial charge is 0.497 e. The van der Waals surface area contributed by atoms with E-state index in [-0.39, 0.29) is 0 Å². The lowest BCUT2D eigenvalue weighted by Crippen LogP contribution is -2.36. The Labute approximate surface area is 120 Å². The third-order valence-electron chi connectivity index (χ3n) is 2.56. The molecule has 0 bridgehead atoms. The van der Waals surface area contributed by atoms with Crippen molar-refractivity contribution < 1.29 is 9.57 Å². The Morgan fingerprint density at radius 1 is 1.35 bits per heavy atom. The number of hydrogen-bond donors (Lipinski definition) is 1. The number of hydrazine groups is 1. The highest BCUT2D eigenvalue weighted by Gasteiger charge is 2.00.